The van der Waals surface area contributed by atoms with Crippen LogP contribution in [0.25, 0.3) is 0 Å². The first-order chi connectivity index (χ1) is 9.25. The van der Waals surface area contributed by atoms with Gasteiger partial charge in [0.15, 0.2) is 0 Å². The molecule has 0 amide bonds. The Labute approximate surface area is 119 Å². The highest BCUT2D eigenvalue weighted by molar-refractivity contribution is 6.31. The van der Waals surface area contributed by atoms with Crippen LogP contribution in [0.5, 0.6) is 0 Å². The lowest BCUT2D eigenvalue weighted by atomic mass is 10.2. The summed E-state index contributed by atoms with van der Waals surface area (Å²) in [5.41, 5.74) is -0.521. The minimum atomic E-state index is -4.53. The molecule has 0 unspecified atom stereocenters. The maximum atomic E-state index is 12.7. The molecule has 0 saturated carbocycles. The van der Waals surface area contributed by atoms with E-state index in [4.69, 9.17) is 16.3 Å². The number of anilines is 1. The number of alkyl halides is 3. The van der Waals surface area contributed by atoms with Gasteiger partial charge in [-0.05, 0) is 32.0 Å². The maximum Gasteiger partial charge on any atom is 0.417 e. The van der Waals surface area contributed by atoms with Crippen molar-refractivity contribution in [2.45, 2.75) is 20.0 Å². The maximum absolute atomic E-state index is 12.7. The van der Waals surface area contributed by atoms with Crippen molar-refractivity contribution >= 4 is 23.3 Å². The third-order valence-electron chi connectivity index (χ3n) is 2.32. The fourth-order valence-electron chi connectivity index (χ4n) is 1.33. The van der Waals surface area contributed by atoms with Crippen LogP contribution in [0.1, 0.15) is 19.4 Å². The van der Waals surface area contributed by atoms with E-state index in [1.165, 1.54) is 19.2 Å². The van der Waals surface area contributed by atoms with E-state index in [0.29, 0.717) is 0 Å². The highest BCUT2D eigenvalue weighted by atomic mass is 35.5. The Kier molecular flexibility index (Phi) is 5.44. The van der Waals surface area contributed by atoms with E-state index in [-0.39, 0.29) is 22.9 Å². The monoisotopic (exact) mass is 307 g/mol. The number of ether oxygens (including phenoxy) is 1. The average molecular weight is 308 g/mol. The van der Waals surface area contributed by atoms with Gasteiger partial charge in [-0.15, -0.1) is 0 Å². The number of benzene rings is 1. The topological polar surface area (TPSA) is 38.3 Å². The Morgan fingerprint density at radius 2 is 2.10 bits per heavy atom. The number of hydrogen-bond donors (Lipinski definition) is 1. The van der Waals surface area contributed by atoms with Crippen LogP contribution in [0.15, 0.2) is 30.0 Å². The minimum absolute atomic E-state index is 0.172. The Morgan fingerprint density at radius 1 is 1.45 bits per heavy atom. The zero-order valence-electron chi connectivity index (χ0n) is 10.8. The van der Waals surface area contributed by atoms with Crippen molar-refractivity contribution in [2.24, 2.45) is 0 Å². The Morgan fingerprint density at radius 3 is 2.65 bits per heavy atom. The summed E-state index contributed by atoms with van der Waals surface area (Å²) < 4.78 is 42.7. The van der Waals surface area contributed by atoms with Gasteiger partial charge < -0.3 is 10.1 Å². The molecule has 0 aromatic heterocycles. The second kappa shape index (κ2) is 6.65. The molecule has 0 saturated heterocycles. The average Bonchev–Trinajstić information content (AvgIpc) is 2.36. The molecule has 0 fully saturated rings. The van der Waals surface area contributed by atoms with Gasteiger partial charge in [0, 0.05) is 11.9 Å². The third kappa shape index (κ3) is 4.45. The van der Waals surface area contributed by atoms with E-state index in [1.54, 1.807) is 6.92 Å². The highest BCUT2D eigenvalue weighted by Crippen LogP contribution is 2.36. The van der Waals surface area contributed by atoms with Crippen molar-refractivity contribution < 1.29 is 22.7 Å². The molecule has 0 spiro atoms. The van der Waals surface area contributed by atoms with E-state index in [1.807, 2.05) is 0 Å². The highest BCUT2D eigenvalue weighted by Gasteiger charge is 2.33. The smallest absolute Gasteiger partial charge is 0.417 e. The largest absolute Gasteiger partial charge is 0.463 e. The number of carbonyl (C=O) groups excluding carboxylic acids is 1. The van der Waals surface area contributed by atoms with Gasteiger partial charge in [-0.1, -0.05) is 11.6 Å². The molecule has 110 valence electrons. The van der Waals surface area contributed by atoms with Crippen LogP contribution in [0.4, 0.5) is 18.9 Å². The lowest BCUT2D eigenvalue weighted by Crippen LogP contribution is -2.08. The van der Waals surface area contributed by atoms with Gasteiger partial charge >= 0.3 is 12.1 Å². The first-order valence-electron chi connectivity index (χ1n) is 5.73. The molecule has 0 radical (unpaired) electrons. The molecule has 20 heavy (non-hydrogen) atoms. The molecule has 3 nitrogen and oxygen atoms in total. The van der Waals surface area contributed by atoms with Crippen molar-refractivity contribution in [1.29, 1.82) is 0 Å². The summed E-state index contributed by atoms with van der Waals surface area (Å²) >= 11 is 5.50. The fraction of sp³-hybridized carbons (Fsp3) is 0.308. The minimum Gasteiger partial charge on any atom is -0.463 e. The molecular formula is C13H13ClF3NO2. The lowest BCUT2D eigenvalue weighted by Gasteiger charge is -2.11. The molecule has 0 aliphatic rings. The van der Waals surface area contributed by atoms with Crippen molar-refractivity contribution in [3.05, 3.63) is 40.6 Å². The first kappa shape index (κ1) is 16.4. The molecule has 1 aromatic carbocycles. The normalized spacial score (nSPS) is 12.2. The molecule has 0 atom stereocenters. The van der Waals surface area contributed by atoms with Gasteiger partial charge in [-0.3, -0.25) is 0 Å². The summed E-state index contributed by atoms with van der Waals surface area (Å²) in [6, 6.07) is 3.39. The van der Waals surface area contributed by atoms with Crippen LogP contribution in [0, 0.1) is 0 Å². The van der Waals surface area contributed by atoms with Crippen LogP contribution in [0.2, 0.25) is 5.02 Å². The Hall–Kier alpha value is -1.69. The SMILES string of the molecule is CCOC(=O)/C(C)=C\Nc1ccc(Cl)c(C(F)(F)F)c1. The van der Waals surface area contributed by atoms with Gasteiger partial charge in [0.05, 0.1) is 22.8 Å². The number of esters is 1. The molecule has 0 aliphatic heterocycles. The second-order valence-corrected chi connectivity index (χ2v) is 4.29. The van der Waals surface area contributed by atoms with Crippen LogP contribution in [-0.2, 0) is 15.7 Å². The Bertz CT molecular complexity index is 527. The van der Waals surface area contributed by atoms with Crippen LogP contribution in [-0.4, -0.2) is 12.6 Å². The molecule has 1 aromatic rings. The standard InChI is InChI=1S/C13H13ClF3NO2/c1-3-20-12(19)8(2)7-18-9-4-5-11(14)10(6-9)13(15,16)17/h4-7,18H,3H2,1-2H3/b8-7-. The summed E-state index contributed by atoms with van der Waals surface area (Å²) in [5.74, 6) is -0.537. The predicted octanol–water partition coefficient (Wildman–Crippen LogP) is 4.24. The molecule has 7 heteroatoms. The number of halogens is 4. The number of carbonyl (C=O) groups is 1. The van der Waals surface area contributed by atoms with Crippen LogP contribution in [0.3, 0.4) is 0 Å². The van der Waals surface area contributed by atoms with E-state index < -0.39 is 17.7 Å². The molecule has 1 rings (SSSR count). The molecule has 0 bridgehead atoms. The van der Waals surface area contributed by atoms with Gasteiger partial charge in [-0.25, -0.2) is 4.79 Å². The van der Waals surface area contributed by atoms with Crippen molar-refractivity contribution in [1.82, 2.24) is 0 Å². The zero-order chi connectivity index (χ0) is 15.3. The van der Waals surface area contributed by atoms with Crippen molar-refractivity contribution in [3.8, 4) is 0 Å². The quantitative estimate of drug-likeness (QED) is 0.668. The molecule has 1 N–H and O–H groups in total. The molecular weight excluding hydrogens is 295 g/mol. The summed E-state index contributed by atoms with van der Waals surface area (Å²) in [5, 5.41) is 2.22. The van der Waals surface area contributed by atoms with Gasteiger partial charge in [-0.2, -0.15) is 13.2 Å². The lowest BCUT2D eigenvalue weighted by molar-refractivity contribution is -0.139. The summed E-state index contributed by atoms with van der Waals surface area (Å²) in [7, 11) is 0. The van der Waals surface area contributed by atoms with Crippen LogP contribution < -0.4 is 5.32 Å². The van der Waals surface area contributed by atoms with E-state index in [9.17, 15) is 18.0 Å². The van der Waals surface area contributed by atoms with Gasteiger partial charge in [0.25, 0.3) is 0 Å². The molecule has 0 aliphatic carbocycles. The Balaban J connectivity index is 2.90. The second-order valence-electron chi connectivity index (χ2n) is 3.88. The summed E-state index contributed by atoms with van der Waals surface area (Å²) in [4.78, 5) is 11.3. The van der Waals surface area contributed by atoms with E-state index in [2.05, 4.69) is 5.32 Å². The van der Waals surface area contributed by atoms with Crippen molar-refractivity contribution in [2.75, 3.05) is 11.9 Å². The molecule has 0 heterocycles. The van der Waals surface area contributed by atoms with Gasteiger partial charge in [0.2, 0.25) is 0 Å². The van der Waals surface area contributed by atoms with Crippen LogP contribution >= 0.6 is 11.6 Å². The first-order valence-corrected chi connectivity index (χ1v) is 6.10. The van der Waals surface area contributed by atoms with E-state index in [0.717, 1.165) is 12.1 Å². The van der Waals surface area contributed by atoms with Crippen molar-refractivity contribution in [3.63, 3.8) is 0 Å². The third-order valence-corrected chi connectivity index (χ3v) is 2.65. The zero-order valence-corrected chi connectivity index (χ0v) is 11.6. The van der Waals surface area contributed by atoms with E-state index >= 15 is 0 Å². The number of rotatable bonds is 4. The van der Waals surface area contributed by atoms with Gasteiger partial charge in [0.1, 0.15) is 0 Å². The predicted molar refractivity (Wildman–Crippen MR) is 70.5 cm³/mol. The number of nitrogens with one attached hydrogen (secondary N) is 1. The summed E-state index contributed by atoms with van der Waals surface area (Å²) in [6.45, 7) is 3.38. The fourth-order valence-corrected chi connectivity index (χ4v) is 1.55. The summed E-state index contributed by atoms with van der Waals surface area (Å²) in [6.07, 6.45) is -3.25. The number of hydrogen-bond acceptors (Lipinski definition) is 3.